The summed E-state index contributed by atoms with van der Waals surface area (Å²) in [6.07, 6.45) is 10.9. The molecule has 0 aromatic carbocycles. The Bertz CT molecular complexity index is 262. The molecule has 0 saturated heterocycles. The number of fused-ring (bicyclic) bond motifs is 1. The van der Waals surface area contributed by atoms with E-state index in [0.717, 1.165) is 12.8 Å². The summed E-state index contributed by atoms with van der Waals surface area (Å²) in [5.41, 5.74) is 4.19. The maximum atomic E-state index is 3.93. The van der Waals surface area contributed by atoms with Crippen LogP contribution in [0, 0.1) is 0 Å². The third kappa shape index (κ3) is 0.766. The molecule has 0 heterocycles. The smallest absolute Gasteiger partial charge is 0.00287 e. The van der Waals surface area contributed by atoms with Gasteiger partial charge in [0, 0.05) is 0 Å². The summed E-state index contributed by atoms with van der Waals surface area (Å²) >= 11 is 0. The maximum Gasteiger partial charge on any atom is -0.00287 e. The Hall–Kier alpha value is -1.04. The summed E-state index contributed by atoms with van der Waals surface area (Å²) in [6, 6.07) is 0. The van der Waals surface area contributed by atoms with Crippen LogP contribution in [0.15, 0.2) is 47.6 Å². The second-order valence-corrected chi connectivity index (χ2v) is 2.83. The molecule has 0 nitrogen and oxygen atoms in total. The van der Waals surface area contributed by atoms with E-state index in [-0.39, 0.29) is 0 Å². The predicted molar refractivity (Wildman–Crippen MR) is 43.7 cm³/mol. The van der Waals surface area contributed by atoms with Gasteiger partial charge in [-0.1, -0.05) is 36.5 Å². The van der Waals surface area contributed by atoms with Crippen LogP contribution in [0.1, 0.15) is 12.8 Å². The van der Waals surface area contributed by atoms with Gasteiger partial charge in [0.2, 0.25) is 0 Å². The predicted octanol–water partition coefficient (Wildman–Crippen LogP) is 2.76. The molecule has 10 heavy (non-hydrogen) atoms. The van der Waals surface area contributed by atoms with Crippen molar-refractivity contribution in [1.29, 1.82) is 0 Å². The van der Waals surface area contributed by atoms with Crippen LogP contribution < -0.4 is 0 Å². The molecule has 2 aliphatic carbocycles. The Morgan fingerprint density at radius 3 is 3.00 bits per heavy atom. The molecule has 50 valence electrons. The SMILES string of the molecule is C=C1C=C2CC=CC=C2C1. The van der Waals surface area contributed by atoms with Gasteiger partial charge in [-0.05, 0) is 24.0 Å². The van der Waals surface area contributed by atoms with Crippen molar-refractivity contribution in [3.63, 3.8) is 0 Å². The third-order valence-corrected chi connectivity index (χ3v) is 1.98. The lowest BCUT2D eigenvalue weighted by molar-refractivity contribution is 1.16. The second kappa shape index (κ2) is 1.98. The number of allylic oxidation sites excluding steroid dienone is 7. The molecule has 0 aromatic heterocycles. The normalized spacial score (nSPS) is 22.2. The van der Waals surface area contributed by atoms with Gasteiger partial charge in [0.1, 0.15) is 0 Å². The van der Waals surface area contributed by atoms with Gasteiger partial charge in [0.25, 0.3) is 0 Å². The summed E-state index contributed by atoms with van der Waals surface area (Å²) < 4.78 is 0. The molecular formula is C10H10. The van der Waals surface area contributed by atoms with Crippen molar-refractivity contribution in [2.24, 2.45) is 0 Å². The molecule has 0 aromatic rings. The van der Waals surface area contributed by atoms with Gasteiger partial charge in [-0.2, -0.15) is 0 Å². The molecule has 0 aliphatic heterocycles. The van der Waals surface area contributed by atoms with Crippen LogP contribution in [0.4, 0.5) is 0 Å². The molecule has 0 atom stereocenters. The Kier molecular flexibility index (Phi) is 1.13. The molecule has 0 N–H and O–H groups in total. The first-order valence-corrected chi connectivity index (χ1v) is 3.61. The minimum absolute atomic E-state index is 1.07. The Morgan fingerprint density at radius 1 is 1.30 bits per heavy atom. The standard InChI is InChI=1S/C10H10/c1-8-6-9-4-2-3-5-10(9)7-8/h2-4,7H,1,5-6H2. The highest BCUT2D eigenvalue weighted by atomic mass is 14.2. The molecule has 0 amide bonds. The van der Waals surface area contributed by atoms with Crippen molar-refractivity contribution in [2.75, 3.05) is 0 Å². The van der Waals surface area contributed by atoms with Crippen molar-refractivity contribution < 1.29 is 0 Å². The highest BCUT2D eigenvalue weighted by Crippen LogP contribution is 2.32. The lowest BCUT2D eigenvalue weighted by atomic mass is 10.0. The molecule has 0 spiro atoms. The highest BCUT2D eigenvalue weighted by Gasteiger charge is 2.13. The first kappa shape index (κ1) is 5.72. The molecule has 2 rings (SSSR count). The monoisotopic (exact) mass is 130 g/mol. The largest absolute Gasteiger partial charge is 0.0955 e. The van der Waals surface area contributed by atoms with E-state index in [1.54, 1.807) is 0 Å². The van der Waals surface area contributed by atoms with Crippen molar-refractivity contribution in [3.8, 4) is 0 Å². The fraction of sp³-hybridized carbons (Fsp3) is 0.200. The molecule has 0 radical (unpaired) electrons. The molecule has 2 aliphatic rings. The quantitative estimate of drug-likeness (QED) is 0.473. The molecule has 0 saturated carbocycles. The zero-order chi connectivity index (χ0) is 6.97. The van der Waals surface area contributed by atoms with Crippen molar-refractivity contribution in [2.45, 2.75) is 12.8 Å². The maximum absolute atomic E-state index is 3.93. The fourth-order valence-electron chi connectivity index (χ4n) is 1.48. The van der Waals surface area contributed by atoms with Crippen molar-refractivity contribution in [1.82, 2.24) is 0 Å². The van der Waals surface area contributed by atoms with Crippen LogP contribution in [-0.4, -0.2) is 0 Å². The Balaban J connectivity index is 2.41. The van der Waals surface area contributed by atoms with Gasteiger partial charge in [-0.3, -0.25) is 0 Å². The van der Waals surface area contributed by atoms with E-state index in [4.69, 9.17) is 0 Å². The van der Waals surface area contributed by atoms with E-state index in [9.17, 15) is 0 Å². The van der Waals surface area contributed by atoms with Gasteiger partial charge < -0.3 is 0 Å². The Labute approximate surface area is 61.3 Å². The van der Waals surface area contributed by atoms with Gasteiger partial charge in [-0.25, -0.2) is 0 Å². The summed E-state index contributed by atoms with van der Waals surface area (Å²) in [5, 5.41) is 0. The van der Waals surface area contributed by atoms with Crippen LogP contribution in [0.5, 0.6) is 0 Å². The number of rotatable bonds is 0. The summed E-state index contributed by atoms with van der Waals surface area (Å²) in [4.78, 5) is 0. The van der Waals surface area contributed by atoms with E-state index >= 15 is 0 Å². The summed E-state index contributed by atoms with van der Waals surface area (Å²) in [7, 11) is 0. The van der Waals surface area contributed by atoms with Crippen LogP contribution in [0.3, 0.4) is 0 Å². The highest BCUT2D eigenvalue weighted by molar-refractivity contribution is 5.51. The van der Waals surface area contributed by atoms with E-state index in [1.165, 1.54) is 16.7 Å². The molecule has 0 bridgehead atoms. The van der Waals surface area contributed by atoms with Crippen LogP contribution >= 0.6 is 0 Å². The molecule has 0 heteroatoms. The zero-order valence-electron chi connectivity index (χ0n) is 5.93. The third-order valence-electron chi connectivity index (χ3n) is 1.98. The first-order chi connectivity index (χ1) is 4.86. The van der Waals surface area contributed by atoms with Crippen molar-refractivity contribution in [3.05, 3.63) is 47.6 Å². The van der Waals surface area contributed by atoms with Crippen molar-refractivity contribution >= 4 is 0 Å². The van der Waals surface area contributed by atoms with Crippen LogP contribution in [0.2, 0.25) is 0 Å². The van der Waals surface area contributed by atoms with Gasteiger partial charge in [-0.15, -0.1) is 0 Å². The summed E-state index contributed by atoms with van der Waals surface area (Å²) in [6.45, 7) is 3.93. The minimum atomic E-state index is 1.07. The molecule has 0 unspecified atom stereocenters. The van der Waals surface area contributed by atoms with E-state index in [2.05, 4.69) is 30.9 Å². The second-order valence-electron chi connectivity index (χ2n) is 2.83. The lowest BCUT2D eigenvalue weighted by Crippen LogP contribution is -1.84. The number of hydrogen-bond donors (Lipinski definition) is 0. The molecule has 0 fully saturated rings. The average molecular weight is 130 g/mol. The van der Waals surface area contributed by atoms with Crippen LogP contribution in [0.25, 0.3) is 0 Å². The number of hydrogen-bond acceptors (Lipinski definition) is 0. The first-order valence-electron chi connectivity index (χ1n) is 3.61. The van der Waals surface area contributed by atoms with Gasteiger partial charge >= 0.3 is 0 Å². The zero-order valence-corrected chi connectivity index (χ0v) is 5.93. The average Bonchev–Trinajstić information content (AvgIpc) is 2.27. The van der Waals surface area contributed by atoms with E-state index < -0.39 is 0 Å². The Morgan fingerprint density at radius 2 is 2.20 bits per heavy atom. The minimum Gasteiger partial charge on any atom is -0.0955 e. The molecular weight excluding hydrogens is 120 g/mol. The fourth-order valence-corrected chi connectivity index (χ4v) is 1.48. The van der Waals surface area contributed by atoms with Gasteiger partial charge in [0.05, 0.1) is 0 Å². The lowest BCUT2D eigenvalue weighted by Gasteiger charge is -2.04. The topological polar surface area (TPSA) is 0 Å². The van der Waals surface area contributed by atoms with E-state index in [1.807, 2.05) is 0 Å². The van der Waals surface area contributed by atoms with E-state index in [0.29, 0.717) is 0 Å². The van der Waals surface area contributed by atoms with Crippen LogP contribution in [-0.2, 0) is 0 Å². The summed E-state index contributed by atoms with van der Waals surface area (Å²) in [5.74, 6) is 0. The van der Waals surface area contributed by atoms with Gasteiger partial charge in [0.15, 0.2) is 0 Å².